The molecule has 1 aromatic rings. The maximum Gasteiger partial charge on any atom is 0.409 e. The molecule has 29 heavy (non-hydrogen) atoms. The van der Waals surface area contributed by atoms with Crippen molar-refractivity contribution in [3.8, 4) is 5.75 Å². The van der Waals surface area contributed by atoms with E-state index in [-0.39, 0.29) is 25.7 Å². The lowest BCUT2D eigenvalue weighted by Crippen LogP contribution is -2.50. The van der Waals surface area contributed by atoms with Gasteiger partial charge in [0.2, 0.25) is 0 Å². The second kappa shape index (κ2) is 9.69. The maximum atomic E-state index is 13.3. The highest BCUT2D eigenvalue weighted by atomic mass is 19.3. The minimum atomic E-state index is -2.60. The molecule has 0 radical (unpaired) electrons. The average Bonchev–Trinajstić information content (AvgIpc) is 3.05. The normalized spacial score (nSPS) is 21.2. The number of piperazine rings is 1. The Morgan fingerprint density at radius 1 is 1.21 bits per heavy atom. The van der Waals surface area contributed by atoms with E-state index in [1.165, 1.54) is 7.11 Å². The van der Waals surface area contributed by atoms with Gasteiger partial charge in [-0.3, -0.25) is 9.80 Å². The number of ether oxygens (including phenoxy) is 2. The Balaban J connectivity index is 1.40. The first-order valence-corrected chi connectivity index (χ1v) is 9.90. The van der Waals surface area contributed by atoms with Crippen molar-refractivity contribution in [3.63, 3.8) is 0 Å². The van der Waals surface area contributed by atoms with Crippen molar-refractivity contribution in [2.45, 2.75) is 25.0 Å². The molecule has 1 aromatic carbocycles. The second-order valence-corrected chi connectivity index (χ2v) is 7.69. The highest BCUT2D eigenvalue weighted by molar-refractivity contribution is 5.67. The molecule has 0 spiro atoms. The number of methoxy groups -OCH3 is 1. The fourth-order valence-corrected chi connectivity index (χ4v) is 3.72. The van der Waals surface area contributed by atoms with Gasteiger partial charge in [-0.1, -0.05) is 12.1 Å². The second-order valence-electron chi connectivity index (χ2n) is 7.69. The van der Waals surface area contributed by atoms with E-state index < -0.39 is 12.0 Å². The number of β-amino-alcohol motifs (C(OH)–C–C–N with tert-alkyl or cyclic N) is 1. The van der Waals surface area contributed by atoms with Gasteiger partial charge >= 0.3 is 6.09 Å². The predicted molar refractivity (Wildman–Crippen MR) is 103 cm³/mol. The maximum absolute atomic E-state index is 13.3. The van der Waals surface area contributed by atoms with Gasteiger partial charge in [0.05, 0.1) is 13.7 Å². The molecule has 0 aliphatic carbocycles. The van der Waals surface area contributed by atoms with Gasteiger partial charge < -0.3 is 19.5 Å². The van der Waals surface area contributed by atoms with Crippen LogP contribution in [0.3, 0.4) is 0 Å². The molecule has 2 fully saturated rings. The van der Waals surface area contributed by atoms with E-state index in [1.807, 2.05) is 18.2 Å². The predicted octanol–water partition coefficient (Wildman–Crippen LogP) is 1.65. The van der Waals surface area contributed by atoms with Gasteiger partial charge in [0, 0.05) is 52.2 Å². The summed E-state index contributed by atoms with van der Waals surface area (Å²) in [6.45, 7) is 3.71. The summed E-state index contributed by atoms with van der Waals surface area (Å²) in [6, 6.07) is 7.35. The summed E-state index contributed by atoms with van der Waals surface area (Å²) in [7, 11) is 1.37. The van der Waals surface area contributed by atoms with Crippen LogP contribution in [0.15, 0.2) is 24.3 Å². The smallest absolute Gasteiger partial charge is 0.409 e. The molecule has 3 rings (SSSR count). The number of nitrogens with zero attached hydrogens (tertiary/aromatic N) is 3. The molecule has 1 N–H and O–H groups in total. The number of hydrogen-bond acceptors (Lipinski definition) is 6. The van der Waals surface area contributed by atoms with Gasteiger partial charge in [0.15, 0.2) is 0 Å². The molecule has 1 amide bonds. The first-order chi connectivity index (χ1) is 13.8. The Labute approximate surface area is 169 Å². The molecule has 2 aliphatic rings. The summed E-state index contributed by atoms with van der Waals surface area (Å²) in [6.07, 6.45) is -1.09. The monoisotopic (exact) mass is 413 g/mol. The third kappa shape index (κ3) is 6.52. The van der Waals surface area contributed by atoms with Crippen molar-refractivity contribution in [1.29, 1.82) is 0 Å². The summed E-state index contributed by atoms with van der Waals surface area (Å²) in [4.78, 5) is 17.0. The summed E-state index contributed by atoms with van der Waals surface area (Å²) in [5.74, 6) is -1.98. The number of hydrogen-bond donors (Lipinski definition) is 1. The van der Waals surface area contributed by atoms with E-state index in [9.17, 15) is 18.7 Å². The van der Waals surface area contributed by atoms with Gasteiger partial charge in [0.25, 0.3) is 5.92 Å². The number of carbonyl (C=O) groups is 1. The van der Waals surface area contributed by atoms with Crippen LogP contribution in [0.5, 0.6) is 5.75 Å². The SMILES string of the molecule is COC(=O)N1CCN(CC(O)COc2cccc(CN3CCC(F)(F)C3)c2)CC1. The standard InChI is InChI=1S/C20H29F2N3O4/c1-28-19(27)25-9-7-23(8-10-25)13-17(26)14-29-18-4-2-3-16(11-18)12-24-6-5-20(21,22)15-24/h2-4,11,17,26H,5-10,12-15H2,1H3. The summed E-state index contributed by atoms with van der Waals surface area (Å²) >= 11 is 0. The van der Waals surface area contributed by atoms with E-state index in [0.717, 1.165) is 5.56 Å². The minimum Gasteiger partial charge on any atom is -0.491 e. The number of alkyl halides is 2. The van der Waals surface area contributed by atoms with Crippen LogP contribution in [0.25, 0.3) is 0 Å². The molecule has 2 saturated heterocycles. The number of benzene rings is 1. The minimum absolute atomic E-state index is 0.0940. The van der Waals surface area contributed by atoms with E-state index >= 15 is 0 Å². The average molecular weight is 413 g/mol. The van der Waals surface area contributed by atoms with E-state index in [2.05, 4.69) is 4.90 Å². The van der Waals surface area contributed by atoms with Crippen molar-refractivity contribution in [2.24, 2.45) is 0 Å². The number of amides is 1. The van der Waals surface area contributed by atoms with Crippen molar-refractivity contribution in [1.82, 2.24) is 14.7 Å². The van der Waals surface area contributed by atoms with E-state index in [4.69, 9.17) is 9.47 Å². The zero-order valence-corrected chi connectivity index (χ0v) is 16.7. The zero-order valence-electron chi connectivity index (χ0n) is 16.7. The topological polar surface area (TPSA) is 65.5 Å². The van der Waals surface area contributed by atoms with Crippen LogP contribution in [-0.4, -0.2) is 97.5 Å². The first kappa shape index (κ1) is 21.7. The molecule has 0 aromatic heterocycles. The van der Waals surface area contributed by atoms with E-state index in [1.54, 1.807) is 15.9 Å². The third-order valence-electron chi connectivity index (χ3n) is 5.27. The molecule has 0 bridgehead atoms. The summed E-state index contributed by atoms with van der Waals surface area (Å²) in [5, 5.41) is 10.3. The van der Waals surface area contributed by atoms with Crippen LogP contribution in [-0.2, 0) is 11.3 Å². The summed E-state index contributed by atoms with van der Waals surface area (Å²) < 4.78 is 37.1. The Hall–Kier alpha value is -1.97. The molecule has 0 saturated carbocycles. The number of rotatable bonds is 7. The Bertz CT molecular complexity index is 683. The summed E-state index contributed by atoms with van der Waals surface area (Å²) in [5.41, 5.74) is 0.911. The van der Waals surface area contributed by atoms with Gasteiger partial charge in [-0.15, -0.1) is 0 Å². The van der Waals surface area contributed by atoms with Gasteiger partial charge in [-0.2, -0.15) is 0 Å². The van der Waals surface area contributed by atoms with Gasteiger partial charge in [0.1, 0.15) is 18.5 Å². The van der Waals surface area contributed by atoms with Crippen molar-refractivity contribution in [3.05, 3.63) is 29.8 Å². The quantitative estimate of drug-likeness (QED) is 0.734. The Morgan fingerprint density at radius 2 is 1.97 bits per heavy atom. The van der Waals surface area contributed by atoms with Crippen LogP contribution in [0.4, 0.5) is 13.6 Å². The molecule has 9 heteroatoms. The molecule has 2 aliphatic heterocycles. The number of likely N-dealkylation sites (tertiary alicyclic amines) is 1. The Kier molecular flexibility index (Phi) is 7.26. The van der Waals surface area contributed by atoms with E-state index in [0.29, 0.717) is 51.6 Å². The van der Waals surface area contributed by atoms with Crippen molar-refractivity contribution >= 4 is 6.09 Å². The fraction of sp³-hybridized carbons (Fsp3) is 0.650. The largest absolute Gasteiger partial charge is 0.491 e. The molecule has 1 unspecified atom stereocenters. The molecule has 2 heterocycles. The van der Waals surface area contributed by atoms with Crippen LogP contribution < -0.4 is 4.74 Å². The Morgan fingerprint density at radius 3 is 2.62 bits per heavy atom. The number of carbonyl (C=O) groups excluding carboxylic acids is 1. The highest BCUT2D eigenvalue weighted by Crippen LogP contribution is 2.28. The molecular weight excluding hydrogens is 384 g/mol. The fourth-order valence-electron chi connectivity index (χ4n) is 3.72. The van der Waals surface area contributed by atoms with Gasteiger partial charge in [-0.25, -0.2) is 13.6 Å². The number of aliphatic hydroxyl groups is 1. The lowest BCUT2D eigenvalue weighted by Gasteiger charge is -2.34. The van der Waals surface area contributed by atoms with Crippen LogP contribution >= 0.6 is 0 Å². The van der Waals surface area contributed by atoms with Gasteiger partial charge in [-0.05, 0) is 17.7 Å². The lowest BCUT2D eigenvalue weighted by atomic mass is 10.2. The highest BCUT2D eigenvalue weighted by Gasteiger charge is 2.37. The van der Waals surface area contributed by atoms with Crippen LogP contribution in [0.2, 0.25) is 0 Å². The van der Waals surface area contributed by atoms with Crippen molar-refractivity contribution in [2.75, 3.05) is 59.5 Å². The third-order valence-corrected chi connectivity index (χ3v) is 5.27. The van der Waals surface area contributed by atoms with Crippen molar-refractivity contribution < 1.29 is 28.2 Å². The first-order valence-electron chi connectivity index (χ1n) is 9.90. The molecular formula is C20H29F2N3O4. The lowest BCUT2D eigenvalue weighted by molar-refractivity contribution is 0.0115. The van der Waals surface area contributed by atoms with Crippen LogP contribution in [0.1, 0.15) is 12.0 Å². The zero-order chi connectivity index (χ0) is 20.9. The molecule has 7 nitrogen and oxygen atoms in total. The molecule has 162 valence electrons. The molecule has 1 atom stereocenters. The van der Waals surface area contributed by atoms with Crippen LogP contribution in [0, 0.1) is 0 Å². The number of halogens is 2. The number of aliphatic hydroxyl groups excluding tert-OH is 1.